The number of aliphatic carboxylic acids is 1. The van der Waals surface area contributed by atoms with Crippen molar-refractivity contribution >= 4 is 11.9 Å². The maximum Gasteiger partial charge on any atom is 0.306 e. The van der Waals surface area contributed by atoms with E-state index in [0.717, 1.165) is 0 Å². The number of carboxylic acid groups (broad SMARTS) is 1. The summed E-state index contributed by atoms with van der Waals surface area (Å²) < 4.78 is 5.04. The van der Waals surface area contributed by atoms with Crippen LogP contribution < -0.4 is 10.6 Å². The minimum Gasteiger partial charge on any atom is -0.481 e. The molecule has 1 heterocycles. The first kappa shape index (κ1) is 15.5. The highest BCUT2D eigenvalue weighted by molar-refractivity contribution is 5.82. The molecule has 2 atom stereocenters. The lowest BCUT2D eigenvalue weighted by Crippen LogP contribution is -2.49. The SMILES string of the molecule is COC(CNC(=O)[C@@H]1Cc2ccccc2CN1)CC(=O)O. The number of fused-ring (bicyclic) bond motifs is 1. The van der Waals surface area contributed by atoms with Gasteiger partial charge in [0.1, 0.15) is 0 Å². The molecule has 0 saturated carbocycles. The van der Waals surface area contributed by atoms with E-state index in [4.69, 9.17) is 9.84 Å². The van der Waals surface area contributed by atoms with Gasteiger partial charge < -0.3 is 20.5 Å². The fourth-order valence-corrected chi connectivity index (χ4v) is 2.41. The molecule has 1 amide bonds. The van der Waals surface area contributed by atoms with Crippen LogP contribution in [0.25, 0.3) is 0 Å². The van der Waals surface area contributed by atoms with Gasteiger partial charge in [-0.3, -0.25) is 9.59 Å². The molecule has 2 rings (SSSR count). The molecule has 21 heavy (non-hydrogen) atoms. The predicted octanol–water partition coefficient (Wildman–Crippen LogP) is 0.307. The van der Waals surface area contributed by atoms with Crippen LogP contribution in [0.15, 0.2) is 24.3 Å². The Morgan fingerprint density at radius 1 is 1.43 bits per heavy atom. The van der Waals surface area contributed by atoms with Crippen molar-refractivity contribution < 1.29 is 19.4 Å². The van der Waals surface area contributed by atoms with Crippen LogP contribution in [0.5, 0.6) is 0 Å². The molecular weight excluding hydrogens is 272 g/mol. The maximum atomic E-state index is 12.1. The van der Waals surface area contributed by atoms with E-state index in [2.05, 4.69) is 10.6 Å². The number of nitrogens with one attached hydrogen (secondary N) is 2. The van der Waals surface area contributed by atoms with Crippen LogP contribution in [0.1, 0.15) is 17.5 Å². The first-order valence-electron chi connectivity index (χ1n) is 6.92. The summed E-state index contributed by atoms with van der Waals surface area (Å²) in [4.78, 5) is 22.8. The van der Waals surface area contributed by atoms with Crippen molar-refractivity contribution in [2.24, 2.45) is 0 Å². The van der Waals surface area contributed by atoms with Crippen LogP contribution >= 0.6 is 0 Å². The molecule has 1 unspecified atom stereocenters. The third kappa shape index (κ3) is 4.27. The molecule has 114 valence electrons. The fraction of sp³-hybridized carbons (Fsp3) is 0.467. The molecule has 0 fully saturated rings. The molecule has 1 aromatic rings. The van der Waals surface area contributed by atoms with Gasteiger partial charge in [0.2, 0.25) is 5.91 Å². The molecule has 6 heteroatoms. The van der Waals surface area contributed by atoms with Gasteiger partial charge in [-0.1, -0.05) is 24.3 Å². The minimum absolute atomic E-state index is 0.127. The second-order valence-electron chi connectivity index (χ2n) is 5.11. The van der Waals surface area contributed by atoms with Crippen molar-refractivity contribution in [2.75, 3.05) is 13.7 Å². The van der Waals surface area contributed by atoms with Gasteiger partial charge in [-0.15, -0.1) is 0 Å². The monoisotopic (exact) mass is 292 g/mol. The Balaban J connectivity index is 1.86. The summed E-state index contributed by atoms with van der Waals surface area (Å²) in [6.45, 7) is 0.860. The van der Waals surface area contributed by atoms with Crippen LogP contribution in [-0.4, -0.2) is 42.8 Å². The molecule has 6 nitrogen and oxygen atoms in total. The third-order valence-corrected chi connectivity index (χ3v) is 3.64. The lowest BCUT2D eigenvalue weighted by Gasteiger charge is -2.26. The molecular formula is C15H20N2O4. The molecule has 0 aliphatic carbocycles. The quantitative estimate of drug-likeness (QED) is 0.702. The van der Waals surface area contributed by atoms with Crippen molar-refractivity contribution in [1.82, 2.24) is 10.6 Å². The summed E-state index contributed by atoms with van der Waals surface area (Å²) in [5, 5.41) is 14.7. The molecule has 0 bridgehead atoms. The van der Waals surface area contributed by atoms with Gasteiger partial charge in [0.05, 0.1) is 18.6 Å². The van der Waals surface area contributed by atoms with Gasteiger partial charge in [0.25, 0.3) is 0 Å². The lowest BCUT2D eigenvalue weighted by atomic mass is 9.95. The van der Waals surface area contributed by atoms with Crippen LogP contribution in [0.3, 0.4) is 0 Å². The van der Waals surface area contributed by atoms with Crippen molar-refractivity contribution in [1.29, 1.82) is 0 Å². The van der Waals surface area contributed by atoms with E-state index in [-0.39, 0.29) is 24.9 Å². The molecule has 0 radical (unpaired) electrons. The first-order chi connectivity index (χ1) is 10.1. The van der Waals surface area contributed by atoms with Gasteiger partial charge in [0, 0.05) is 20.2 Å². The van der Waals surface area contributed by atoms with Gasteiger partial charge in [-0.2, -0.15) is 0 Å². The Labute approximate surface area is 123 Å². The second-order valence-corrected chi connectivity index (χ2v) is 5.11. The second kappa shape index (κ2) is 7.19. The maximum absolute atomic E-state index is 12.1. The molecule has 1 aliphatic rings. The summed E-state index contributed by atoms with van der Waals surface area (Å²) in [5.41, 5.74) is 2.38. The summed E-state index contributed by atoms with van der Waals surface area (Å²) in [6, 6.07) is 7.73. The standard InChI is InChI=1S/C15H20N2O4/c1-21-12(7-14(18)19)9-17-15(20)13-6-10-4-2-3-5-11(10)8-16-13/h2-5,12-13,16H,6-9H2,1H3,(H,17,20)(H,18,19)/t12?,13-/m0/s1. The van der Waals surface area contributed by atoms with E-state index in [9.17, 15) is 9.59 Å². The number of hydrogen-bond donors (Lipinski definition) is 3. The number of ether oxygens (including phenoxy) is 1. The zero-order valence-electron chi connectivity index (χ0n) is 12.0. The molecule has 0 spiro atoms. The van der Waals surface area contributed by atoms with Crippen LogP contribution in [0.4, 0.5) is 0 Å². The molecule has 0 saturated heterocycles. The number of benzene rings is 1. The Morgan fingerprint density at radius 2 is 2.14 bits per heavy atom. The number of carboxylic acids is 1. The third-order valence-electron chi connectivity index (χ3n) is 3.64. The summed E-state index contributed by atoms with van der Waals surface area (Å²) in [5.74, 6) is -1.07. The highest BCUT2D eigenvalue weighted by atomic mass is 16.5. The molecule has 3 N–H and O–H groups in total. The number of methoxy groups -OCH3 is 1. The average Bonchev–Trinajstić information content (AvgIpc) is 2.50. The highest BCUT2D eigenvalue weighted by Crippen LogP contribution is 2.16. The van der Waals surface area contributed by atoms with Crippen molar-refractivity contribution in [2.45, 2.75) is 31.5 Å². The minimum atomic E-state index is -0.944. The van der Waals surface area contributed by atoms with E-state index in [1.54, 1.807) is 0 Å². The Kier molecular flexibility index (Phi) is 5.30. The summed E-state index contributed by atoms with van der Waals surface area (Å²) in [6.07, 6.45) is -0.00152. The smallest absolute Gasteiger partial charge is 0.306 e. The zero-order chi connectivity index (χ0) is 15.2. The topological polar surface area (TPSA) is 87.7 Å². The Bertz CT molecular complexity index is 518. The van der Waals surface area contributed by atoms with E-state index >= 15 is 0 Å². The normalized spacial score (nSPS) is 18.6. The van der Waals surface area contributed by atoms with Crippen LogP contribution in [0, 0.1) is 0 Å². The van der Waals surface area contributed by atoms with Crippen molar-refractivity contribution in [3.63, 3.8) is 0 Å². The first-order valence-corrected chi connectivity index (χ1v) is 6.92. The number of carbonyl (C=O) groups is 2. The largest absolute Gasteiger partial charge is 0.481 e. The number of rotatable bonds is 6. The van der Waals surface area contributed by atoms with E-state index in [1.165, 1.54) is 18.2 Å². The Morgan fingerprint density at radius 3 is 2.81 bits per heavy atom. The Hall–Kier alpha value is -1.92. The van der Waals surface area contributed by atoms with Crippen molar-refractivity contribution in [3.05, 3.63) is 35.4 Å². The molecule has 0 aromatic heterocycles. The van der Waals surface area contributed by atoms with Gasteiger partial charge in [-0.05, 0) is 17.5 Å². The summed E-state index contributed by atoms with van der Waals surface area (Å²) in [7, 11) is 1.44. The van der Waals surface area contributed by atoms with E-state index in [0.29, 0.717) is 13.0 Å². The van der Waals surface area contributed by atoms with Gasteiger partial charge in [-0.25, -0.2) is 0 Å². The van der Waals surface area contributed by atoms with Gasteiger partial charge in [0.15, 0.2) is 0 Å². The summed E-state index contributed by atoms with van der Waals surface area (Å²) >= 11 is 0. The van der Waals surface area contributed by atoms with Crippen LogP contribution in [0.2, 0.25) is 0 Å². The molecule has 1 aromatic carbocycles. The number of carbonyl (C=O) groups excluding carboxylic acids is 1. The van der Waals surface area contributed by atoms with Crippen LogP contribution in [-0.2, 0) is 27.3 Å². The van der Waals surface area contributed by atoms with Crippen molar-refractivity contribution in [3.8, 4) is 0 Å². The van der Waals surface area contributed by atoms with Gasteiger partial charge >= 0.3 is 5.97 Å². The number of amides is 1. The lowest BCUT2D eigenvalue weighted by molar-refractivity contribution is -0.140. The fourth-order valence-electron chi connectivity index (χ4n) is 2.41. The molecule has 1 aliphatic heterocycles. The van der Waals surface area contributed by atoms with E-state index < -0.39 is 12.1 Å². The highest BCUT2D eigenvalue weighted by Gasteiger charge is 2.24. The van der Waals surface area contributed by atoms with E-state index in [1.807, 2.05) is 24.3 Å². The number of hydrogen-bond acceptors (Lipinski definition) is 4. The predicted molar refractivity (Wildman–Crippen MR) is 76.8 cm³/mol. The average molecular weight is 292 g/mol. The zero-order valence-corrected chi connectivity index (χ0v) is 12.0.